The standard InChI is InChI=1S/C15H22INO2/c16-12-7-4-8-13-14(12)19-15(18)17(13)10-9-11-5-2-1-3-6-11/h5,12-14H,1-4,6-10H2/t12-,13-,14+/m1/s1. The fourth-order valence-corrected chi connectivity index (χ4v) is 4.62. The van der Waals surface area contributed by atoms with Crippen LogP contribution in [-0.2, 0) is 4.74 Å². The number of amides is 1. The monoisotopic (exact) mass is 375 g/mol. The molecule has 2 fully saturated rings. The summed E-state index contributed by atoms with van der Waals surface area (Å²) in [6.07, 6.45) is 12.1. The number of hydrogen-bond acceptors (Lipinski definition) is 2. The molecule has 0 bridgehead atoms. The van der Waals surface area contributed by atoms with Crippen LogP contribution in [0.15, 0.2) is 11.6 Å². The second-order valence-electron chi connectivity index (χ2n) is 5.91. The first-order valence-electron chi connectivity index (χ1n) is 7.55. The van der Waals surface area contributed by atoms with Crippen molar-refractivity contribution in [2.24, 2.45) is 0 Å². The molecule has 0 spiro atoms. The van der Waals surface area contributed by atoms with Gasteiger partial charge in [0.05, 0.1) is 9.97 Å². The Balaban J connectivity index is 1.60. The van der Waals surface area contributed by atoms with E-state index in [1.807, 2.05) is 4.90 Å². The molecular formula is C15H22INO2. The van der Waals surface area contributed by atoms with Crippen LogP contribution in [0.25, 0.3) is 0 Å². The third-order valence-corrected chi connectivity index (χ3v) is 5.98. The maximum Gasteiger partial charge on any atom is 0.410 e. The van der Waals surface area contributed by atoms with E-state index in [9.17, 15) is 4.79 Å². The van der Waals surface area contributed by atoms with Gasteiger partial charge in [0.1, 0.15) is 6.10 Å². The van der Waals surface area contributed by atoms with E-state index in [2.05, 4.69) is 28.7 Å². The molecule has 19 heavy (non-hydrogen) atoms. The Bertz CT molecular complexity index is 382. The SMILES string of the molecule is O=C1O[C@H]2[C@H](I)CCC[C@H]2N1CCC1=CCCCC1. The molecule has 1 amide bonds. The van der Waals surface area contributed by atoms with Gasteiger partial charge in [0.25, 0.3) is 0 Å². The molecule has 3 aliphatic rings. The first-order chi connectivity index (χ1) is 9.25. The van der Waals surface area contributed by atoms with Crippen LogP contribution in [0.2, 0.25) is 0 Å². The third kappa shape index (κ3) is 2.93. The van der Waals surface area contributed by atoms with E-state index in [-0.39, 0.29) is 12.2 Å². The lowest BCUT2D eigenvalue weighted by Crippen LogP contribution is -2.43. The van der Waals surface area contributed by atoms with E-state index in [1.165, 1.54) is 38.5 Å². The molecule has 1 heterocycles. The lowest BCUT2D eigenvalue weighted by atomic mass is 9.91. The zero-order valence-corrected chi connectivity index (χ0v) is 13.5. The molecule has 0 aromatic carbocycles. The number of allylic oxidation sites excluding steroid dienone is 1. The van der Waals surface area contributed by atoms with Crippen LogP contribution in [0, 0.1) is 0 Å². The molecule has 3 nitrogen and oxygen atoms in total. The van der Waals surface area contributed by atoms with E-state index >= 15 is 0 Å². The maximum atomic E-state index is 12.0. The van der Waals surface area contributed by atoms with Gasteiger partial charge in [-0.1, -0.05) is 40.7 Å². The smallest absolute Gasteiger partial charge is 0.410 e. The Hall–Kier alpha value is -0.260. The Morgan fingerprint density at radius 2 is 2.21 bits per heavy atom. The summed E-state index contributed by atoms with van der Waals surface area (Å²) < 4.78 is 6.09. The van der Waals surface area contributed by atoms with E-state index in [0.29, 0.717) is 9.97 Å². The molecule has 0 N–H and O–H groups in total. The maximum absolute atomic E-state index is 12.0. The lowest BCUT2D eigenvalue weighted by Gasteiger charge is -2.31. The van der Waals surface area contributed by atoms with Gasteiger partial charge in [-0.05, 0) is 44.9 Å². The van der Waals surface area contributed by atoms with Crippen molar-refractivity contribution >= 4 is 28.7 Å². The summed E-state index contributed by atoms with van der Waals surface area (Å²) in [6.45, 7) is 0.856. The van der Waals surface area contributed by atoms with Gasteiger partial charge in [-0.25, -0.2) is 4.79 Å². The number of carbonyl (C=O) groups is 1. The molecule has 2 aliphatic carbocycles. The van der Waals surface area contributed by atoms with Crippen LogP contribution in [0.1, 0.15) is 51.4 Å². The average Bonchev–Trinajstić information content (AvgIpc) is 2.75. The van der Waals surface area contributed by atoms with Gasteiger partial charge in [0.15, 0.2) is 0 Å². The van der Waals surface area contributed by atoms with Crippen molar-refractivity contribution in [1.29, 1.82) is 0 Å². The molecule has 106 valence electrons. The minimum absolute atomic E-state index is 0.0741. The molecule has 1 aliphatic heterocycles. The predicted octanol–water partition coefficient (Wildman–Crippen LogP) is 4.05. The third-order valence-electron chi connectivity index (χ3n) is 4.65. The van der Waals surface area contributed by atoms with Crippen LogP contribution in [0.3, 0.4) is 0 Å². The number of nitrogens with zero attached hydrogens (tertiary/aromatic N) is 1. The molecule has 1 saturated heterocycles. The van der Waals surface area contributed by atoms with Gasteiger partial charge >= 0.3 is 6.09 Å². The Morgan fingerprint density at radius 3 is 3.00 bits per heavy atom. The van der Waals surface area contributed by atoms with Crippen molar-refractivity contribution in [3.05, 3.63) is 11.6 Å². The Morgan fingerprint density at radius 1 is 1.32 bits per heavy atom. The summed E-state index contributed by atoms with van der Waals surface area (Å²) in [4.78, 5) is 14.0. The quantitative estimate of drug-likeness (QED) is 0.423. The number of alkyl halides is 1. The second kappa shape index (κ2) is 6.02. The van der Waals surface area contributed by atoms with Gasteiger partial charge < -0.3 is 9.64 Å². The Labute approximate surface area is 128 Å². The van der Waals surface area contributed by atoms with Crippen molar-refractivity contribution in [2.75, 3.05) is 6.54 Å². The van der Waals surface area contributed by atoms with Crippen LogP contribution in [0.5, 0.6) is 0 Å². The summed E-state index contributed by atoms with van der Waals surface area (Å²) in [6, 6.07) is 0.340. The second-order valence-corrected chi connectivity index (χ2v) is 7.51. The first kappa shape index (κ1) is 13.7. The van der Waals surface area contributed by atoms with Crippen molar-refractivity contribution in [2.45, 2.75) is 67.4 Å². The van der Waals surface area contributed by atoms with Crippen molar-refractivity contribution in [3.8, 4) is 0 Å². The number of carbonyl (C=O) groups excluding carboxylic acids is 1. The highest BCUT2D eigenvalue weighted by Crippen LogP contribution is 2.36. The summed E-state index contributed by atoms with van der Waals surface area (Å²) >= 11 is 2.45. The molecule has 3 rings (SSSR count). The van der Waals surface area contributed by atoms with Crippen LogP contribution >= 0.6 is 22.6 Å². The average molecular weight is 375 g/mol. The first-order valence-corrected chi connectivity index (χ1v) is 8.79. The number of rotatable bonds is 3. The highest BCUT2D eigenvalue weighted by molar-refractivity contribution is 14.1. The minimum atomic E-state index is -0.0741. The van der Waals surface area contributed by atoms with Gasteiger partial charge in [0.2, 0.25) is 0 Å². The fraction of sp³-hybridized carbons (Fsp3) is 0.800. The molecule has 0 radical (unpaired) electrons. The highest BCUT2D eigenvalue weighted by Gasteiger charge is 2.46. The predicted molar refractivity (Wildman–Crippen MR) is 83.6 cm³/mol. The van der Waals surface area contributed by atoms with E-state index < -0.39 is 0 Å². The molecule has 0 aromatic rings. The Kier molecular flexibility index (Phi) is 4.34. The normalized spacial score (nSPS) is 34.8. The topological polar surface area (TPSA) is 29.5 Å². The van der Waals surface area contributed by atoms with Crippen LogP contribution in [-0.4, -0.2) is 33.6 Å². The summed E-state index contributed by atoms with van der Waals surface area (Å²) in [5.74, 6) is 0. The van der Waals surface area contributed by atoms with Gasteiger partial charge in [-0.2, -0.15) is 0 Å². The number of hydrogen-bond donors (Lipinski definition) is 0. The number of halogens is 1. The van der Waals surface area contributed by atoms with Gasteiger partial charge in [-0.15, -0.1) is 0 Å². The highest BCUT2D eigenvalue weighted by atomic mass is 127. The summed E-state index contributed by atoms with van der Waals surface area (Å²) in [7, 11) is 0. The van der Waals surface area contributed by atoms with Crippen molar-refractivity contribution in [1.82, 2.24) is 4.90 Å². The summed E-state index contributed by atoms with van der Waals surface area (Å²) in [5, 5.41) is 0. The van der Waals surface area contributed by atoms with Crippen molar-refractivity contribution < 1.29 is 9.53 Å². The van der Waals surface area contributed by atoms with E-state index in [4.69, 9.17) is 4.74 Å². The number of fused-ring (bicyclic) bond motifs is 1. The molecule has 3 atom stereocenters. The van der Waals surface area contributed by atoms with E-state index in [1.54, 1.807) is 5.57 Å². The molecule has 0 unspecified atom stereocenters. The van der Waals surface area contributed by atoms with Gasteiger partial charge in [-0.3, -0.25) is 0 Å². The molecule has 4 heteroatoms. The van der Waals surface area contributed by atoms with Gasteiger partial charge in [0, 0.05) is 6.54 Å². The minimum Gasteiger partial charge on any atom is -0.443 e. The van der Waals surface area contributed by atoms with Crippen LogP contribution in [0.4, 0.5) is 4.79 Å². The fourth-order valence-electron chi connectivity index (χ4n) is 3.55. The molecular weight excluding hydrogens is 353 g/mol. The molecule has 0 aromatic heterocycles. The van der Waals surface area contributed by atoms with Crippen molar-refractivity contribution in [3.63, 3.8) is 0 Å². The number of ether oxygens (including phenoxy) is 1. The zero-order chi connectivity index (χ0) is 13.2. The summed E-state index contributed by atoms with van der Waals surface area (Å²) in [5.41, 5.74) is 1.55. The largest absolute Gasteiger partial charge is 0.443 e. The zero-order valence-electron chi connectivity index (χ0n) is 11.3. The molecule has 1 saturated carbocycles. The lowest BCUT2D eigenvalue weighted by molar-refractivity contribution is 0.121. The van der Waals surface area contributed by atoms with E-state index in [0.717, 1.165) is 19.4 Å². The van der Waals surface area contributed by atoms with Crippen LogP contribution < -0.4 is 0 Å².